The van der Waals surface area contributed by atoms with Gasteiger partial charge in [0.25, 0.3) is 0 Å². The van der Waals surface area contributed by atoms with Gasteiger partial charge in [-0.2, -0.15) is 0 Å². The van der Waals surface area contributed by atoms with Crippen molar-refractivity contribution < 1.29 is 9.90 Å². The fraction of sp³-hybridized carbons (Fsp3) is 0.429. The number of fused-ring (bicyclic) bond motifs is 1. The molecule has 1 aliphatic heterocycles. The second-order valence-electron chi connectivity index (χ2n) is 4.96. The highest BCUT2D eigenvalue weighted by Gasteiger charge is 2.18. The van der Waals surface area contributed by atoms with Gasteiger partial charge in [-0.3, -0.25) is 14.1 Å². The van der Waals surface area contributed by atoms with Gasteiger partial charge in [-0.1, -0.05) is 0 Å². The number of carbonyl (C=O) groups is 1. The predicted molar refractivity (Wildman–Crippen MR) is 82.2 cm³/mol. The molecule has 21 heavy (non-hydrogen) atoms. The number of aliphatic hydroxyl groups is 1. The molecule has 0 saturated carbocycles. The number of amides is 1. The summed E-state index contributed by atoms with van der Waals surface area (Å²) in [4.78, 5) is 21.4. The Kier molecular flexibility index (Phi) is 4.33. The van der Waals surface area contributed by atoms with Gasteiger partial charge < -0.3 is 10.0 Å². The van der Waals surface area contributed by atoms with E-state index in [4.69, 9.17) is 5.11 Å². The third-order valence-electron chi connectivity index (χ3n) is 3.67. The van der Waals surface area contributed by atoms with Gasteiger partial charge in [0.15, 0.2) is 4.96 Å². The van der Waals surface area contributed by atoms with Gasteiger partial charge in [-0.25, -0.2) is 4.98 Å². The molecule has 3 rings (SSSR count). The fourth-order valence-electron chi connectivity index (χ4n) is 2.46. The van der Waals surface area contributed by atoms with E-state index in [1.165, 1.54) is 0 Å². The summed E-state index contributed by atoms with van der Waals surface area (Å²) in [6.45, 7) is 3.92. The van der Waals surface area contributed by atoms with E-state index in [-0.39, 0.29) is 12.5 Å². The topological polar surface area (TPSA) is 61.1 Å². The van der Waals surface area contributed by atoms with Gasteiger partial charge in [-0.05, 0) is 6.08 Å². The van der Waals surface area contributed by atoms with Crippen molar-refractivity contribution >= 4 is 28.3 Å². The van der Waals surface area contributed by atoms with Crippen LogP contribution in [0.4, 0.5) is 0 Å². The van der Waals surface area contributed by atoms with Gasteiger partial charge in [0.05, 0.1) is 18.5 Å². The average Bonchev–Trinajstić information content (AvgIpc) is 3.09. The summed E-state index contributed by atoms with van der Waals surface area (Å²) in [5.41, 5.74) is 0.915. The Hall–Kier alpha value is -1.70. The highest BCUT2D eigenvalue weighted by Crippen LogP contribution is 2.14. The second kappa shape index (κ2) is 6.38. The third kappa shape index (κ3) is 3.15. The van der Waals surface area contributed by atoms with Gasteiger partial charge in [-0.15, -0.1) is 11.3 Å². The minimum absolute atomic E-state index is 0.0313. The molecule has 6 nitrogen and oxygen atoms in total. The number of imidazole rings is 1. The highest BCUT2D eigenvalue weighted by molar-refractivity contribution is 7.15. The molecule has 7 heteroatoms. The SMILES string of the molecule is O=C(/C=C/c1cnc2sccn12)N1CCN(CCO)CC1. The lowest BCUT2D eigenvalue weighted by atomic mass is 10.3. The molecule has 0 aliphatic carbocycles. The van der Waals surface area contributed by atoms with Crippen LogP contribution in [-0.2, 0) is 4.79 Å². The van der Waals surface area contributed by atoms with Crippen LogP contribution in [0.3, 0.4) is 0 Å². The van der Waals surface area contributed by atoms with Crippen molar-refractivity contribution in [3.05, 3.63) is 29.5 Å². The Morgan fingerprint density at radius 2 is 2.19 bits per heavy atom. The molecule has 0 bridgehead atoms. The minimum atomic E-state index is 0.0313. The summed E-state index contributed by atoms with van der Waals surface area (Å²) >= 11 is 1.57. The van der Waals surface area contributed by atoms with E-state index in [1.807, 2.05) is 27.0 Å². The van der Waals surface area contributed by atoms with Gasteiger partial charge in [0.1, 0.15) is 0 Å². The zero-order valence-electron chi connectivity index (χ0n) is 11.7. The van der Waals surface area contributed by atoms with Crippen LogP contribution in [0.5, 0.6) is 0 Å². The number of rotatable bonds is 4. The molecule has 1 N–H and O–H groups in total. The zero-order valence-corrected chi connectivity index (χ0v) is 12.5. The van der Waals surface area contributed by atoms with Crippen molar-refractivity contribution in [1.29, 1.82) is 0 Å². The Bertz CT molecular complexity index is 640. The molecule has 2 aromatic rings. The summed E-state index contributed by atoms with van der Waals surface area (Å²) in [5, 5.41) is 10.9. The number of carbonyl (C=O) groups excluding carboxylic acids is 1. The first-order chi connectivity index (χ1) is 10.3. The molecule has 1 fully saturated rings. The molecule has 0 aromatic carbocycles. The maximum Gasteiger partial charge on any atom is 0.246 e. The maximum absolute atomic E-state index is 12.2. The average molecular weight is 306 g/mol. The number of β-amino-alcohol motifs (C(OH)–C–C–N with tert-alkyl or cyclic N) is 1. The second-order valence-corrected chi connectivity index (χ2v) is 5.84. The summed E-state index contributed by atoms with van der Waals surface area (Å²) < 4.78 is 1.97. The van der Waals surface area contributed by atoms with Crippen LogP contribution in [0.1, 0.15) is 5.69 Å². The van der Waals surface area contributed by atoms with E-state index in [9.17, 15) is 4.79 Å². The molecular formula is C14H18N4O2S. The summed E-state index contributed by atoms with van der Waals surface area (Å²) in [6.07, 6.45) is 7.15. The number of aliphatic hydroxyl groups excluding tert-OH is 1. The van der Waals surface area contributed by atoms with Crippen LogP contribution in [0.25, 0.3) is 11.0 Å². The number of hydrogen-bond donors (Lipinski definition) is 1. The van der Waals surface area contributed by atoms with Gasteiger partial charge in [0, 0.05) is 50.4 Å². The number of piperazine rings is 1. The van der Waals surface area contributed by atoms with Crippen LogP contribution < -0.4 is 0 Å². The van der Waals surface area contributed by atoms with Crippen LogP contribution in [0, 0.1) is 0 Å². The van der Waals surface area contributed by atoms with E-state index >= 15 is 0 Å². The number of thiazole rings is 1. The Morgan fingerprint density at radius 1 is 1.38 bits per heavy atom. The van der Waals surface area contributed by atoms with Crippen LogP contribution >= 0.6 is 11.3 Å². The Labute approximate surface area is 126 Å². The van der Waals surface area contributed by atoms with Gasteiger partial charge in [0.2, 0.25) is 5.91 Å². The van der Waals surface area contributed by atoms with Crippen LogP contribution in [0.15, 0.2) is 23.8 Å². The van der Waals surface area contributed by atoms with E-state index in [0.29, 0.717) is 19.6 Å². The fourth-order valence-corrected chi connectivity index (χ4v) is 3.16. The lowest BCUT2D eigenvalue weighted by molar-refractivity contribution is -0.127. The standard InChI is InChI=1S/C14H18N4O2S/c19-9-7-16-3-5-17(6-4-16)13(20)2-1-12-11-15-14-18(12)8-10-21-14/h1-2,8,10-11,19H,3-7,9H2/b2-1+. The summed E-state index contributed by atoms with van der Waals surface area (Å²) in [5.74, 6) is 0.0313. The molecule has 3 heterocycles. The molecule has 1 saturated heterocycles. The van der Waals surface area contributed by atoms with E-state index in [2.05, 4.69) is 9.88 Å². The summed E-state index contributed by atoms with van der Waals surface area (Å²) in [6, 6.07) is 0. The molecule has 1 amide bonds. The van der Waals surface area contributed by atoms with Gasteiger partial charge >= 0.3 is 0 Å². The quantitative estimate of drug-likeness (QED) is 0.838. The van der Waals surface area contributed by atoms with E-state index in [1.54, 1.807) is 23.6 Å². The molecule has 0 spiro atoms. The largest absolute Gasteiger partial charge is 0.395 e. The monoisotopic (exact) mass is 306 g/mol. The number of hydrogen-bond acceptors (Lipinski definition) is 5. The molecule has 0 radical (unpaired) electrons. The molecule has 0 atom stereocenters. The molecule has 2 aromatic heterocycles. The van der Waals surface area contributed by atoms with Crippen molar-refractivity contribution in [3.8, 4) is 0 Å². The lowest BCUT2D eigenvalue weighted by Crippen LogP contribution is -2.48. The van der Waals surface area contributed by atoms with Crippen LogP contribution in [-0.4, -0.2) is 69.5 Å². The molecular weight excluding hydrogens is 288 g/mol. The highest BCUT2D eigenvalue weighted by atomic mass is 32.1. The van der Waals surface area contributed by atoms with Crippen molar-refractivity contribution in [3.63, 3.8) is 0 Å². The normalized spacial score (nSPS) is 17.1. The first-order valence-electron chi connectivity index (χ1n) is 6.98. The first kappa shape index (κ1) is 14.2. The third-order valence-corrected chi connectivity index (χ3v) is 4.44. The molecule has 0 unspecified atom stereocenters. The molecule has 1 aliphatic rings. The van der Waals surface area contributed by atoms with Crippen molar-refractivity contribution in [1.82, 2.24) is 19.2 Å². The first-order valence-corrected chi connectivity index (χ1v) is 7.86. The zero-order chi connectivity index (χ0) is 14.7. The minimum Gasteiger partial charge on any atom is -0.395 e. The van der Waals surface area contributed by atoms with Crippen LogP contribution in [0.2, 0.25) is 0 Å². The van der Waals surface area contributed by atoms with Crippen molar-refractivity contribution in [2.45, 2.75) is 0 Å². The molecule has 112 valence electrons. The number of aromatic nitrogens is 2. The van der Waals surface area contributed by atoms with E-state index in [0.717, 1.165) is 23.7 Å². The van der Waals surface area contributed by atoms with Crippen molar-refractivity contribution in [2.24, 2.45) is 0 Å². The Balaban J connectivity index is 1.59. The Morgan fingerprint density at radius 3 is 2.95 bits per heavy atom. The predicted octanol–water partition coefficient (Wildman–Crippen LogP) is 0.545. The smallest absolute Gasteiger partial charge is 0.246 e. The summed E-state index contributed by atoms with van der Waals surface area (Å²) in [7, 11) is 0. The maximum atomic E-state index is 12.2. The lowest BCUT2D eigenvalue weighted by Gasteiger charge is -2.33. The van der Waals surface area contributed by atoms with E-state index < -0.39 is 0 Å². The number of nitrogens with zero attached hydrogens (tertiary/aromatic N) is 4. The van der Waals surface area contributed by atoms with Crippen molar-refractivity contribution in [2.75, 3.05) is 39.3 Å².